The van der Waals surface area contributed by atoms with Crippen LogP contribution < -0.4 is 10.1 Å². The van der Waals surface area contributed by atoms with E-state index >= 15 is 0 Å². The van der Waals surface area contributed by atoms with E-state index in [4.69, 9.17) is 4.74 Å². The van der Waals surface area contributed by atoms with Crippen molar-refractivity contribution in [1.82, 2.24) is 9.88 Å². The minimum Gasteiger partial charge on any atom is -0.496 e. The quantitative estimate of drug-likeness (QED) is 0.588. The summed E-state index contributed by atoms with van der Waals surface area (Å²) in [5, 5.41) is 2.93. The highest BCUT2D eigenvalue weighted by atomic mass is 16.5. The van der Waals surface area contributed by atoms with Crippen LogP contribution in [0.4, 0.5) is 5.69 Å². The molecule has 0 radical (unpaired) electrons. The summed E-state index contributed by atoms with van der Waals surface area (Å²) in [7, 11) is 1.68. The van der Waals surface area contributed by atoms with Gasteiger partial charge < -0.3 is 10.1 Å². The molecule has 1 aromatic carbocycles. The predicted molar refractivity (Wildman–Crippen MR) is 120 cm³/mol. The molecule has 1 aromatic heterocycles. The topological polar surface area (TPSA) is 54.5 Å². The van der Waals surface area contributed by atoms with Crippen LogP contribution in [0.25, 0.3) is 6.08 Å². The molecule has 0 unspecified atom stereocenters. The van der Waals surface area contributed by atoms with Crippen LogP contribution in [-0.2, 0) is 11.2 Å². The molecular formula is C24H33N3O2. The van der Waals surface area contributed by atoms with Crippen LogP contribution in [0.1, 0.15) is 45.2 Å². The van der Waals surface area contributed by atoms with Gasteiger partial charge in [-0.05, 0) is 94.6 Å². The van der Waals surface area contributed by atoms with E-state index in [1.165, 1.54) is 6.08 Å². The first-order valence-electron chi connectivity index (χ1n) is 10.2. The number of pyridine rings is 1. The first-order chi connectivity index (χ1) is 13.9. The standard InChI is InChI=1S/C24H33N3O2/c1-18(2)27(19(3)4)16-6-7-21-17-22(9-10-23(21)29-5)26-24(28)11-8-20-12-14-25-15-13-20/h8-15,17-19H,6-7,16H2,1-5H3,(H,26,28)/b11-8+. The molecule has 0 saturated carbocycles. The maximum Gasteiger partial charge on any atom is 0.248 e. The van der Waals surface area contributed by atoms with E-state index in [2.05, 4.69) is 42.9 Å². The van der Waals surface area contributed by atoms with E-state index < -0.39 is 0 Å². The third-order valence-corrected chi connectivity index (χ3v) is 4.87. The molecule has 0 aliphatic carbocycles. The fraction of sp³-hybridized carbons (Fsp3) is 0.417. The Bertz CT molecular complexity index is 793. The molecule has 0 spiro atoms. The Morgan fingerprint density at radius 2 is 1.83 bits per heavy atom. The number of aryl methyl sites for hydroxylation is 1. The lowest BCUT2D eigenvalue weighted by molar-refractivity contribution is -0.111. The van der Waals surface area contributed by atoms with Crippen molar-refractivity contribution in [1.29, 1.82) is 0 Å². The zero-order valence-electron chi connectivity index (χ0n) is 18.2. The molecule has 156 valence electrons. The average Bonchev–Trinajstić information content (AvgIpc) is 2.70. The SMILES string of the molecule is COc1ccc(NC(=O)/C=C/c2ccncc2)cc1CCCN(C(C)C)C(C)C. The number of anilines is 1. The molecule has 0 aliphatic heterocycles. The largest absolute Gasteiger partial charge is 0.496 e. The van der Waals surface area contributed by atoms with Gasteiger partial charge in [0.1, 0.15) is 5.75 Å². The number of ether oxygens (including phenoxy) is 1. The molecule has 5 nitrogen and oxygen atoms in total. The van der Waals surface area contributed by atoms with E-state index in [1.54, 1.807) is 25.6 Å². The van der Waals surface area contributed by atoms with E-state index in [1.807, 2.05) is 30.3 Å². The Morgan fingerprint density at radius 1 is 1.14 bits per heavy atom. The normalized spacial score (nSPS) is 11.6. The molecule has 2 aromatic rings. The maximum absolute atomic E-state index is 12.3. The number of benzene rings is 1. The van der Waals surface area contributed by atoms with Crippen LogP contribution >= 0.6 is 0 Å². The lowest BCUT2D eigenvalue weighted by atomic mass is 10.1. The molecule has 1 heterocycles. The van der Waals surface area contributed by atoms with Crippen LogP contribution in [-0.4, -0.2) is 41.5 Å². The monoisotopic (exact) mass is 395 g/mol. The summed E-state index contributed by atoms with van der Waals surface area (Å²) < 4.78 is 5.52. The molecular weight excluding hydrogens is 362 g/mol. The van der Waals surface area contributed by atoms with Crippen molar-refractivity contribution >= 4 is 17.7 Å². The van der Waals surface area contributed by atoms with Gasteiger partial charge in [0, 0.05) is 36.2 Å². The Labute approximate surface area is 174 Å². The molecule has 0 aliphatic rings. The molecule has 0 bridgehead atoms. The first kappa shape index (κ1) is 22.6. The Hall–Kier alpha value is -2.66. The average molecular weight is 396 g/mol. The fourth-order valence-electron chi connectivity index (χ4n) is 3.45. The highest BCUT2D eigenvalue weighted by Crippen LogP contribution is 2.24. The van der Waals surface area contributed by atoms with Crippen molar-refractivity contribution in [3.63, 3.8) is 0 Å². The molecule has 1 N–H and O–H groups in total. The molecule has 1 amide bonds. The number of nitrogens with one attached hydrogen (secondary N) is 1. The third kappa shape index (κ3) is 7.35. The molecule has 2 rings (SSSR count). The van der Waals surface area contributed by atoms with Crippen molar-refractivity contribution < 1.29 is 9.53 Å². The molecule has 0 saturated heterocycles. The van der Waals surface area contributed by atoms with Gasteiger partial charge in [-0.25, -0.2) is 0 Å². The van der Waals surface area contributed by atoms with Crippen molar-refractivity contribution in [2.75, 3.05) is 19.0 Å². The number of hydrogen-bond acceptors (Lipinski definition) is 4. The van der Waals surface area contributed by atoms with Crippen LogP contribution in [0.5, 0.6) is 5.75 Å². The van der Waals surface area contributed by atoms with Crippen LogP contribution in [0.2, 0.25) is 0 Å². The summed E-state index contributed by atoms with van der Waals surface area (Å²) in [6.45, 7) is 9.96. The van der Waals surface area contributed by atoms with Crippen molar-refractivity contribution in [2.24, 2.45) is 0 Å². The summed E-state index contributed by atoms with van der Waals surface area (Å²) in [5.41, 5.74) is 2.82. The minimum atomic E-state index is -0.163. The van der Waals surface area contributed by atoms with Gasteiger partial charge in [-0.15, -0.1) is 0 Å². The van der Waals surface area contributed by atoms with Crippen molar-refractivity contribution in [3.05, 3.63) is 59.9 Å². The second kappa shape index (κ2) is 11.4. The first-order valence-corrected chi connectivity index (χ1v) is 10.2. The number of carbonyl (C=O) groups is 1. The van der Waals surface area contributed by atoms with E-state index in [-0.39, 0.29) is 5.91 Å². The highest BCUT2D eigenvalue weighted by molar-refractivity contribution is 6.02. The molecule has 29 heavy (non-hydrogen) atoms. The summed E-state index contributed by atoms with van der Waals surface area (Å²) >= 11 is 0. The number of amides is 1. The zero-order valence-corrected chi connectivity index (χ0v) is 18.2. The number of nitrogens with zero attached hydrogens (tertiary/aromatic N) is 2. The fourth-order valence-corrected chi connectivity index (χ4v) is 3.45. The molecule has 5 heteroatoms. The molecule has 0 atom stereocenters. The lowest BCUT2D eigenvalue weighted by Crippen LogP contribution is -2.37. The second-order valence-electron chi connectivity index (χ2n) is 7.66. The van der Waals surface area contributed by atoms with E-state index in [0.29, 0.717) is 12.1 Å². The van der Waals surface area contributed by atoms with Gasteiger partial charge in [0.25, 0.3) is 0 Å². The second-order valence-corrected chi connectivity index (χ2v) is 7.66. The van der Waals surface area contributed by atoms with Gasteiger partial charge in [-0.1, -0.05) is 0 Å². The minimum absolute atomic E-state index is 0.163. The smallest absolute Gasteiger partial charge is 0.248 e. The van der Waals surface area contributed by atoms with Crippen LogP contribution in [0.15, 0.2) is 48.8 Å². The van der Waals surface area contributed by atoms with Crippen molar-refractivity contribution in [2.45, 2.75) is 52.6 Å². The number of rotatable bonds is 10. The predicted octanol–water partition coefficient (Wildman–Crippen LogP) is 4.79. The molecule has 0 fully saturated rings. The Morgan fingerprint density at radius 3 is 2.45 bits per heavy atom. The number of hydrogen-bond donors (Lipinski definition) is 1. The van der Waals surface area contributed by atoms with Crippen LogP contribution in [0.3, 0.4) is 0 Å². The highest BCUT2D eigenvalue weighted by Gasteiger charge is 2.13. The summed E-state index contributed by atoms with van der Waals surface area (Å²) in [6.07, 6.45) is 8.64. The number of methoxy groups -OCH3 is 1. The summed E-state index contributed by atoms with van der Waals surface area (Å²) in [5.74, 6) is 0.694. The van der Waals surface area contributed by atoms with E-state index in [9.17, 15) is 4.79 Å². The van der Waals surface area contributed by atoms with Gasteiger partial charge in [-0.2, -0.15) is 0 Å². The Kier molecular flexibility index (Phi) is 8.87. The number of aromatic nitrogens is 1. The van der Waals surface area contributed by atoms with Gasteiger partial charge in [-0.3, -0.25) is 14.7 Å². The summed E-state index contributed by atoms with van der Waals surface area (Å²) in [6, 6.07) is 10.5. The maximum atomic E-state index is 12.3. The summed E-state index contributed by atoms with van der Waals surface area (Å²) in [4.78, 5) is 18.7. The number of carbonyl (C=O) groups excluding carboxylic acids is 1. The van der Waals surface area contributed by atoms with Crippen LogP contribution in [0, 0.1) is 0 Å². The van der Waals surface area contributed by atoms with Gasteiger partial charge in [0.15, 0.2) is 0 Å². The lowest BCUT2D eigenvalue weighted by Gasteiger charge is -2.30. The van der Waals surface area contributed by atoms with Gasteiger partial charge in [0.2, 0.25) is 5.91 Å². The zero-order chi connectivity index (χ0) is 21.2. The van der Waals surface area contributed by atoms with Gasteiger partial charge >= 0.3 is 0 Å². The van der Waals surface area contributed by atoms with E-state index in [0.717, 1.165) is 42.0 Å². The van der Waals surface area contributed by atoms with Crippen molar-refractivity contribution in [3.8, 4) is 5.75 Å². The Balaban J connectivity index is 2.00. The third-order valence-electron chi connectivity index (χ3n) is 4.87. The van der Waals surface area contributed by atoms with Gasteiger partial charge in [0.05, 0.1) is 7.11 Å².